The minimum absolute atomic E-state index is 0.0635. The number of rotatable bonds is 5. The molecule has 0 radical (unpaired) electrons. The Balaban J connectivity index is 1.63. The molecule has 5 heteroatoms. The SMILES string of the molecule is CC(C)c1cc(C(=O)NC2CCN(Cc3ccccc3)C2)nn1C(C)(C)C. The molecular weight excluding hydrogens is 336 g/mol. The summed E-state index contributed by atoms with van der Waals surface area (Å²) < 4.78 is 1.99. The van der Waals surface area contributed by atoms with Crippen molar-refractivity contribution in [2.75, 3.05) is 13.1 Å². The van der Waals surface area contributed by atoms with E-state index in [1.54, 1.807) is 0 Å². The number of aromatic nitrogens is 2. The molecule has 1 aromatic carbocycles. The van der Waals surface area contributed by atoms with Crippen LogP contribution in [-0.2, 0) is 12.1 Å². The summed E-state index contributed by atoms with van der Waals surface area (Å²) in [6, 6.07) is 12.6. The van der Waals surface area contributed by atoms with E-state index in [1.807, 2.05) is 16.8 Å². The van der Waals surface area contributed by atoms with Crippen molar-refractivity contribution in [1.29, 1.82) is 0 Å². The van der Waals surface area contributed by atoms with E-state index < -0.39 is 0 Å². The topological polar surface area (TPSA) is 50.2 Å². The molecule has 27 heavy (non-hydrogen) atoms. The molecule has 0 spiro atoms. The molecule has 1 amide bonds. The lowest BCUT2D eigenvalue weighted by Gasteiger charge is -2.23. The summed E-state index contributed by atoms with van der Waals surface area (Å²) in [5, 5.41) is 7.81. The Morgan fingerprint density at radius 1 is 1.26 bits per heavy atom. The third-order valence-corrected chi connectivity index (χ3v) is 5.05. The standard InChI is InChI=1S/C22H32N4O/c1-16(2)20-13-19(24-26(20)22(3,4)5)21(27)23-18-11-12-25(15-18)14-17-9-7-6-8-10-17/h6-10,13,16,18H,11-12,14-15H2,1-5H3,(H,23,27). The Labute approximate surface area is 162 Å². The maximum atomic E-state index is 12.8. The first kappa shape index (κ1) is 19.6. The lowest BCUT2D eigenvalue weighted by molar-refractivity contribution is 0.0931. The number of hydrogen-bond donors (Lipinski definition) is 1. The number of amides is 1. The van der Waals surface area contributed by atoms with Gasteiger partial charge in [0.05, 0.1) is 5.54 Å². The highest BCUT2D eigenvalue weighted by atomic mass is 16.2. The summed E-state index contributed by atoms with van der Waals surface area (Å²) in [5.41, 5.74) is 2.80. The number of benzene rings is 1. The van der Waals surface area contributed by atoms with Gasteiger partial charge in [-0.1, -0.05) is 44.2 Å². The van der Waals surface area contributed by atoms with E-state index in [1.165, 1.54) is 5.56 Å². The molecule has 5 nitrogen and oxygen atoms in total. The monoisotopic (exact) mass is 368 g/mol. The Morgan fingerprint density at radius 3 is 2.56 bits per heavy atom. The van der Waals surface area contributed by atoms with E-state index >= 15 is 0 Å². The van der Waals surface area contributed by atoms with Crippen LogP contribution in [-0.4, -0.2) is 39.7 Å². The summed E-state index contributed by atoms with van der Waals surface area (Å²) in [6.07, 6.45) is 0.982. The van der Waals surface area contributed by atoms with E-state index in [-0.39, 0.29) is 17.5 Å². The van der Waals surface area contributed by atoms with Crippen molar-refractivity contribution < 1.29 is 4.79 Å². The van der Waals surface area contributed by atoms with Gasteiger partial charge in [0.15, 0.2) is 0 Å². The van der Waals surface area contributed by atoms with Crippen molar-refractivity contribution in [3.05, 3.63) is 53.3 Å². The van der Waals surface area contributed by atoms with Crippen molar-refractivity contribution in [3.8, 4) is 0 Å². The lowest BCUT2D eigenvalue weighted by atomic mass is 10.1. The van der Waals surface area contributed by atoms with Gasteiger partial charge < -0.3 is 5.32 Å². The molecule has 1 aliphatic heterocycles. The maximum Gasteiger partial charge on any atom is 0.272 e. The molecule has 1 N–H and O–H groups in total. The average Bonchev–Trinajstić information content (AvgIpc) is 3.22. The molecule has 0 aliphatic carbocycles. The van der Waals surface area contributed by atoms with Gasteiger partial charge in [-0.25, -0.2) is 0 Å². The first-order valence-electron chi connectivity index (χ1n) is 9.91. The zero-order valence-corrected chi connectivity index (χ0v) is 17.2. The summed E-state index contributed by atoms with van der Waals surface area (Å²) in [4.78, 5) is 15.2. The minimum Gasteiger partial charge on any atom is -0.347 e. The van der Waals surface area contributed by atoms with Gasteiger partial charge in [0.1, 0.15) is 5.69 Å². The van der Waals surface area contributed by atoms with E-state index in [0.717, 1.165) is 31.7 Å². The lowest BCUT2D eigenvalue weighted by Crippen LogP contribution is -2.37. The molecule has 1 saturated heterocycles. The fourth-order valence-corrected chi connectivity index (χ4v) is 3.65. The third-order valence-electron chi connectivity index (χ3n) is 5.05. The van der Waals surface area contributed by atoms with Crippen LogP contribution >= 0.6 is 0 Å². The summed E-state index contributed by atoms with van der Waals surface area (Å²) in [6.45, 7) is 13.5. The second-order valence-electron chi connectivity index (χ2n) is 8.87. The molecule has 3 rings (SSSR count). The average molecular weight is 369 g/mol. The molecule has 2 heterocycles. The molecule has 146 valence electrons. The molecule has 1 aromatic heterocycles. The van der Waals surface area contributed by atoms with Crippen LogP contribution in [0, 0.1) is 0 Å². The second kappa shape index (κ2) is 7.85. The van der Waals surface area contributed by atoms with Gasteiger partial charge in [0, 0.05) is 31.4 Å². The predicted molar refractivity (Wildman–Crippen MR) is 109 cm³/mol. The number of nitrogens with zero attached hydrogens (tertiary/aromatic N) is 3. The fraction of sp³-hybridized carbons (Fsp3) is 0.545. The maximum absolute atomic E-state index is 12.8. The van der Waals surface area contributed by atoms with Crippen molar-refractivity contribution in [2.24, 2.45) is 0 Å². The number of nitrogens with one attached hydrogen (secondary N) is 1. The minimum atomic E-state index is -0.141. The Kier molecular flexibility index (Phi) is 5.70. The molecule has 0 bridgehead atoms. The van der Waals surface area contributed by atoms with Crippen LogP contribution in [0.25, 0.3) is 0 Å². The predicted octanol–water partition coefficient (Wildman–Crippen LogP) is 3.77. The molecule has 0 saturated carbocycles. The zero-order chi connectivity index (χ0) is 19.6. The highest BCUT2D eigenvalue weighted by Gasteiger charge is 2.27. The number of likely N-dealkylation sites (tertiary alicyclic amines) is 1. The van der Waals surface area contributed by atoms with Crippen LogP contribution in [0.15, 0.2) is 36.4 Å². The number of carbonyl (C=O) groups is 1. The fourth-order valence-electron chi connectivity index (χ4n) is 3.65. The van der Waals surface area contributed by atoms with Crippen LogP contribution in [0.4, 0.5) is 0 Å². The molecule has 1 atom stereocenters. The molecule has 2 aromatic rings. The molecule has 1 unspecified atom stereocenters. The second-order valence-corrected chi connectivity index (χ2v) is 8.87. The highest BCUT2D eigenvalue weighted by molar-refractivity contribution is 5.92. The smallest absolute Gasteiger partial charge is 0.272 e. The van der Waals surface area contributed by atoms with Crippen LogP contribution in [0.3, 0.4) is 0 Å². The Morgan fingerprint density at radius 2 is 1.96 bits per heavy atom. The van der Waals surface area contributed by atoms with Crippen LogP contribution < -0.4 is 5.32 Å². The largest absolute Gasteiger partial charge is 0.347 e. The normalized spacial score (nSPS) is 18.2. The number of carbonyl (C=O) groups excluding carboxylic acids is 1. The summed E-state index contributed by atoms with van der Waals surface area (Å²) in [7, 11) is 0. The van der Waals surface area contributed by atoms with Crippen molar-refractivity contribution >= 4 is 5.91 Å². The molecular formula is C22H32N4O. The number of hydrogen-bond acceptors (Lipinski definition) is 3. The highest BCUT2D eigenvalue weighted by Crippen LogP contribution is 2.23. The van der Waals surface area contributed by atoms with Crippen LogP contribution in [0.5, 0.6) is 0 Å². The van der Waals surface area contributed by atoms with E-state index in [4.69, 9.17) is 0 Å². The third kappa shape index (κ3) is 4.78. The van der Waals surface area contributed by atoms with Gasteiger partial charge in [-0.15, -0.1) is 0 Å². The van der Waals surface area contributed by atoms with Crippen LogP contribution in [0.1, 0.15) is 68.7 Å². The van der Waals surface area contributed by atoms with Gasteiger partial charge in [0.2, 0.25) is 0 Å². The van der Waals surface area contributed by atoms with Crippen molar-refractivity contribution in [1.82, 2.24) is 20.0 Å². The first-order chi connectivity index (χ1) is 12.7. The summed E-state index contributed by atoms with van der Waals surface area (Å²) in [5.74, 6) is 0.262. The Bertz CT molecular complexity index is 773. The van der Waals surface area contributed by atoms with Gasteiger partial charge in [0.25, 0.3) is 5.91 Å². The van der Waals surface area contributed by atoms with E-state index in [2.05, 4.69) is 74.2 Å². The van der Waals surface area contributed by atoms with Gasteiger partial charge in [-0.05, 0) is 44.7 Å². The van der Waals surface area contributed by atoms with Gasteiger partial charge in [-0.2, -0.15) is 5.10 Å². The van der Waals surface area contributed by atoms with E-state index in [0.29, 0.717) is 11.6 Å². The van der Waals surface area contributed by atoms with Crippen molar-refractivity contribution in [3.63, 3.8) is 0 Å². The zero-order valence-electron chi connectivity index (χ0n) is 17.2. The molecule has 1 aliphatic rings. The van der Waals surface area contributed by atoms with Gasteiger partial charge >= 0.3 is 0 Å². The van der Waals surface area contributed by atoms with Crippen LogP contribution in [0.2, 0.25) is 0 Å². The quantitative estimate of drug-likeness (QED) is 0.874. The van der Waals surface area contributed by atoms with Crippen molar-refractivity contribution in [2.45, 2.75) is 65.1 Å². The first-order valence-corrected chi connectivity index (χ1v) is 9.91. The molecule has 1 fully saturated rings. The van der Waals surface area contributed by atoms with E-state index in [9.17, 15) is 4.79 Å². The van der Waals surface area contributed by atoms with Gasteiger partial charge in [-0.3, -0.25) is 14.4 Å². The Hall–Kier alpha value is -2.14. The summed E-state index contributed by atoms with van der Waals surface area (Å²) >= 11 is 0.